The number of hydrogen-bond donors (Lipinski definition) is 4. The summed E-state index contributed by atoms with van der Waals surface area (Å²) in [6.07, 6.45) is 3.68. The van der Waals surface area contributed by atoms with Crippen LogP contribution in [0, 0.1) is 5.82 Å². The Hall–Kier alpha value is -2.56. The molecule has 0 saturated carbocycles. The van der Waals surface area contributed by atoms with E-state index in [4.69, 9.17) is 9.47 Å². The van der Waals surface area contributed by atoms with E-state index >= 15 is 0 Å². The number of carbonyl (C=O) groups excluding carboxylic acids is 1. The molecule has 4 heterocycles. The number of aliphatic hydroxyl groups excluding tert-OH is 1. The van der Waals surface area contributed by atoms with Crippen LogP contribution in [-0.2, 0) is 27.4 Å². The molecule has 3 aliphatic heterocycles. The van der Waals surface area contributed by atoms with Crippen LogP contribution in [0.3, 0.4) is 0 Å². The van der Waals surface area contributed by atoms with Crippen molar-refractivity contribution in [3.8, 4) is 0 Å². The number of carbonyl (C=O) groups is 1. The SMILES string of the molecule is C1COCCN1.O=C1Nc2cc(F)c(CO)cc2C1=Cc1cc(CN2CCOCC2)c[nH]1. The number of halogens is 1. The van der Waals surface area contributed by atoms with Crippen LogP contribution in [-0.4, -0.2) is 73.5 Å². The Morgan fingerprint density at radius 1 is 1.09 bits per heavy atom. The number of nitrogens with zero attached hydrogens (tertiary/aromatic N) is 1. The number of H-pyrrole nitrogens is 1. The van der Waals surface area contributed by atoms with Crippen LogP contribution in [0.15, 0.2) is 24.4 Å². The summed E-state index contributed by atoms with van der Waals surface area (Å²) in [5.41, 5.74) is 3.59. The average molecular weight is 445 g/mol. The number of morpholine rings is 2. The highest BCUT2D eigenvalue weighted by atomic mass is 19.1. The second-order valence-electron chi connectivity index (χ2n) is 7.87. The summed E-state index contributed by atoms with van der Waals surface area (Å²) in [6, 6.07) is 4.77. The van der Waals surface area contributed by atoms with Crippen LogP contribution in [0.2, 0.25) is 0 Å². The molecule has 0 radical (unpaired) electrons. The first-order chi connectivity index (χ1) is 15.6. The Balaban J connectivity index is 0.000000354. The molecule has 3 aliphatic rings. The summed E-state index contributed by atoms with van der Waals surface area (Å²) in [5, 5.41) is 15.1. The third-order valence-corrected chi connectivity index (χ3v) is 5.56. The lowest BCUT2D eigenvalue weighted by Gasteiger charge is -2.25. The Morgan fingerprint density at radius 3 is 2.50 bits per heavy atom. The average Bonchev–Trinajstić information content (AvgIpc) is 3.39. The molecule has 1 amide bonds. The number of anilines is 1. The van der Waals surface area contributed by atoms with Gasteiger partial charge in [-0.1, -0.05) is 0 Å². The fraction of sp³-hybridized carbons (Fsp3) is 0.435. The van der Waals surface area contributed by atoms with Gasteiger partial charge in [-0.05, 0) is 29.8 Å². The van der Waals surface area contributed by atoms with E-state index in [9.17, 15) is 14.3 Å². The monoisotopic (exact) mass is 444 g/mol. The summed E-state index contributed by atoms with van der Waals surface area (Å²) < 4.78 is 24.2. The highest BCUT2D eigenvalue weighted by Crippen LogP contribution is 2.35. The molecular formula is C23H29FN4O4. The molecule has 0 bridgehead atoms. The van der Waals surface area contributed by atoms with E-state index in [0.29, 0.717) is 16.8 Å². The molecule has 2 aromatic rings. The predicted octanol–water partition coefficient (Wildman–Crippen LogP) is 1.58. The molecule has 0 atom stereocenters. The fourth-order valence-electron chi connectivity index (χ4n) is 3.84. The maximum atomic E-state index is 13.8. The molecular weight excluding hydrogens is 415 g/mol. The van der Waals surface area contributed by atoms with Crippen molar-refractivity contribution in [2.75, 3.05) is 57.9 Å². The lowest BCUT2D eigenvalue weighted by atomic mass is 10.0. The third-order valence-electron chi connectivity index (χ3n) is 5.56. The van der Waals surface area contributed by atoms with Crippen molar-refractivity contribution in [1.82, 2.24) is 15.2 Å². The molecule has 0 spiro atoms. The van der Waals surface area contributed by atoms with Gasteiger partial charge in [-0.2, -0.15) is 0 Å². The highest BCUT2D eigenvalue weighted by Gasteiger charge is 2.26. The Bertz CT molecular complexity index is 953. The topological polar surface area (TPSA) is 98.8 Å². The molecule has 8 nitrogen and oxygen atoms in total. The number of aliphatic hydroxyl groups is 1. The molecule has 172 valence electrons. The van der Waals surface area contributed by atoms with Crippen molar-refractivity contribution in [2.45, 2.75) is 13.2 Å². The summed E-state index contributed by atoms with van der Waals surface area (Å²) >= 11 is 0. The smallest absolute Gasteiger partial charge is 0.256 e. The molecule has 4 N–H and O–H groups in total. The molecule has 1 aromatic heterocycles. The van der Waals surface area contributed by atoms with Crippen molar-refractivity contribution in [3.05, 3.63) is 52.6 Å². The zero-order chi connectivity index (χ0) is 22.3. The van der Waals surface area contributed by atoms with Gasteiger partial charge in [-0.3, -0.25) is 9.69 Å². The number of aromatic nitrogens is 1. The first-order valence-electron chi connectivity index (χ1n) is 10.9. The minimum Gasteiger partial charge on any atom is -0.392 e. The molecule has 2 fully saturated rings. The maximum absolute atomic E-state index is 13.8. The van der Waals surface area contributed by atoms with E-state index in [1.54, 1.807) is 6.08 Å². The minimum atomic E-state index is -0.527. The van der Waals surface area contributed by atoms with Crippen LogP contribution in [0.4, 0.5) is 10.1 Å². The van der Waals surface area contributed by atoms with E-state index in [-0.39, 0.29) is 11.5 Å². The van der Waals surface area contributed by atoms with Gasteiger partial charge < -0.3 is 30.2 Å². The molecule has 0 aliphatic carbocycles. The highest BCUT2D eigenvalue weighted by molar-refractivity contribution is 6.34. The summed E-state index contributed by atoms with van der Waals surface area (Å²) in [4.78, 5) is 17.8. The Kier molecular flexibility index (Phi) is 7.67. The zero-order valence-corrected chi connectivity index (χ0v) is 18.0. The fourth-order valence-corrected chi connectivity index (χ4v) is 3.84. The van der Waals surface area contributed by atoms with Gasteiger partial charge in [0.05, 0.1) is 44.3 Å². The Morgan fingerprint density at radius 2 is 1.84 bits per heavy atom. The van der Waals surface area contributed by atoms with Crippen LogP contribution >= 0.6 is 0 Å². The van der Waals surface area contributed by atoms with Gasteiger partial charge in [-0.25, -0.2) is 4.39 Å². The lowest BCUT2D eigenvalue weighted by molar-refractivity contribution is -0.110. The lowest BCUT2D eigenvalue weighted by Crippen LogP contribution is -2.35. The normalized spacial score (nSPS) is 19.9. The number of benzene rings is 1. The van der Waals surface area contributed by atoms with Gasteiger partial charge in [0.25, 0.3) is 5.91 Å². The van der Waals surface area contributed by atoms with E-state index in [0.717, 1.165) is 70.4 Å². The van der Waals surface area contributed by atoms with Gasteiger partial charge >= 0.3 is 0 Å². The standard InChI is InChI=1S/C19H20FN3O3.C4H9NO/c20-17-8-18-15(6-13(17)11-24)16(19(25)22-18)7-14-5-12(9-21-14)10-23-1-3-26-4-2-23;1-3-6-4-2-5-1/h5-9,21,24H,1-4,10-11H2,(H,22,25);5H,1-4H2. The molecule has 2 saturated heterocycles. The van der Waals surface area contributed by atoms with E-state index in [1.807, 2.05) is 12.3 Å². The number of fused-ring (bicyclic) bond motifs is 1. The Labute approximate surface area is 186 Å². The quantitative estimate of drug-likeness (QED) is 0.535. The van der Waals surface area contributed by atoms with Crippen LogP contribution in [0.5, 0.6) is 0 Å². The first-order valence-corrected chi connectivity index (χ1v) is 10.9. The number of amides is 1. The predicted molar refractivity (Wildman–Crippen MR) is 119 cm³/mol. The second-order valence-corrected chi connectivity index (χ2v) is 7.87. The second kappa shape index (κ2) is 10.8. The summed E-state index contributed by atoms with van der Waals surface area (Å²) in [6.45, 7) is 7.57. The van der Waals surface area contributed by atoms with E-state index < -0.39 is 12.4 Å². The molecule has 0 unspecified atom stereocenters. The van der Waals surface area contributed by atoms with Crippen LogP contribution < -0.4 is 10.6 Å². The molecule has 32 heavy (non-hydrogen) atoms. The van der Waals surface area contributed by atoms with Gasteiger partial charge in [0.1, 0.15) is 5.82 Å². The summed E-state index contributed by atoms with van der Waals surface area (Å²) in [5.74, 6) is -0.806. The number of rotatable bonds is 4. The van der Waals surface area contributed by atoms with Crippen LogP contribution in [0.1, 0.15) is 22.4 Å². The molecule has 5 rings (SSSR count). The maximum Gasteiger partial charge on any atom is 0.256 e. The van der Waals surface area contributed by atoms with E-state index in [2.05, 4.69) is 20.5 Å². The van der Waals surface area contributed by atoms with Gasteiger partial charge in [0.2, 0.25) is 0 Å². The third kappa shape index (κ3) is 5.62. The largest absolute Gasteiger partial charge is 0.392 e. The number of ether oxygens (including phenoxy) is 2. The van der Waals surface area contributed by atoms with Crippen molar-refractivity contribution < 1.29 is 23.8 Å². The minimum absolute atomic E-state index is 0.172. The van der Waals surface area contributed by atoms with Gasteiger partial charge in [0, 0.05) is 55.7 Å². The van der Waals surface area contributed by atoms with Crippen molar-refractivity contribution in [1.29, 1.82) is 0 Å². The van der Waals surface area contributed by atoms with Crippen LogP contribution in [0.25, 0.3) is 11.6 Å². The summed E-state index contributed by atoms with van der Waals surface area (Å²) in [7, 11) is 0. The van der Waals surface area contributed by atoms with Crippen molar-refractivity contribution in [3.63, 3.8) is 0 Å². The van der Waals surface area contributed by atoms with E-state index in [1.165, 1.54) is 12.1 Å². The molecule has 9 heteroatoms. The zero-order valence-electron chi connectivity index (χ0n) is 18.0. The molecule has 1 aromatic carbocycles. The first kappa shape index (κ1) is 22.6. The number of nitrogens with one attached hydrogen (secondary N) is 3. The number of aromatic amines is 1. The van der Waals surface area contributed by atoms with Gasteiger partial charge in [0.15, 0.2) is 0 Å². The van der Waals surface area contributed by atoms with Crippen molar-refractivity contribution >= 4 is 23.2 Å². The van der Waals surface area contributed by atoms with Gasteiger partial charge in [-0.15, -0.1) is 0 Å². The number of hydrogen-bond acceptors (Lipinski definition) is 6. The van der Waals surface area contributed by atoms with Crippen molar-refractivity contribution in [2.24, 2.45) is 0 Å².